The molecule has 1 aromatic rings. The molecule has 0 saturated carbocycles. The molecule has 21 heavy (non-hydrogen) atoms. The topological polar surface area (TPSA) is 101 Å². The van der Waals surface area contributed by atoms with Crippen LogP contribution in [0.15, 0.2) is 0 Å². The summed E-state index contributed by atoms with van der Waals surface area (Å²) in [6, 6.07) is 0.224. The molecule has 8 heteroatoms. The van der Waals surface area contributed by atoms with Crippen molar-refractivity contribution in [2.24, 2.45) is 0 Å². The number of nitrogens with zero attached hydrogens (tertiary/aromatic N) is 3. The number of rotatable bonds is 7. The van der Waals surface area contributed by atoms with Crippen LogP contribution in [-0.2, 0) is 4.79 Å². The van der Waals surface area contributed by atoms with Gasteiger partial charge in [-0.25, -0.2) is 0 Å². The quantitative estimate of drug-likeness (QED) is 0.690. The first-order valence-corrected chi connectivity index (χ1v) is 7.01. The number of aromatic nitrogens is 3. The van der Waals surface area contributed by atoms with E-state index in [0.717, 1.165) is 0 Å². The lowest BCUT2D eigenvalue weighted by Crippen LogP contribution is -2.43. The molecule has 0 atom stereocenters. The van der Waals surface area contributed by atoms with Crippen LogP contribution in [0, 0.1) is 0 Å². The Hall–Kier alpha value is -2.12. The van der Waals surface area contributed by atoms with Crippen molar-refractivity contribution in [3.05, 3.63) is 0 Å². The molecule has 8 nitrogen and oxygen atoms in total. The fraction of sp³-hybridized carbons (Fsp3) is 0.692. The summed E-state index contributed by atoms with van der Waals surface area (Å²) >= 11 is 0. The van der Waals surface area contributed by atoms with Crippen LogP contribution in [0.25, 0.3) is 0 Å². The molecule has 1 amide bonds. The number of nitrogens with one attached hydrogen (secondary N) is 3. The van der Waals surface area contributed by atoms with Crippen LogP contribution in [0.3, 0.4) is 0 Å². The minimum atomic E-state index is -0.275. The third-order valence-electron chi connectivity index (χ3n) is 2.14. The molecule has 0 bridgehead atoms. The van der Waals surface area contributed by atoms with Crippen LogP contribution in [0.1, 0.15) is 34.6 Å². The third kappa shape index (κ3) is 6.73. The maximum absolute atomic E-state index is 11.8. The Morgan fingerprint density at radius 2 is 1.71 bits per heavy atom. The van der Waals surface area contributed by atoms with Crippen molar-refractivity contribution in [1.82, 2.24) is 20.3 Å². The molecule has 1 heterocycles. The highest BCUT2D eigenvalue weighted by molar-refractivity contribution is 5.80. The van der Waals surface area contributed by atoms with Crippen LogP contribution in [0.5, 0.6) is 6.01 Å². The zero-order valence-electron chi connectivity index (χ0n) is 13.3. The second kappa shape index (κ2) is 7.61. The highest BCUT2D eigenvalue weighted by Crippen LogP contribution is 2.10. The molecule has 0 aliphatic rings. The number of hydrogen-bond acceptors (Lipinski definition) is 7. The van der Waals surface area contributed by atoms with E-state index in [4.69, 9.17) is 4.74 Å². The summed E-state index contributed by atoms with van der Waals surface area (Å²) in [5.74, 6) is 0.578. The number of hydrogen-bond donors (Lipinski definition) is 3. The normalized spacial score (nSPS) is 10.9. The summed E-state index contributed by atoms with van der Waals surface area (Å²) in [6.07, 6.45) is 0. The highest BCUT2D eigenvalue weighted by atomic mass is 16.5. The first-order chi connectivity index (χ1) is 9.84. The number of amides is 1. The van der Waals surface area contributed by atoms with Gasteiger partial charge in [-0.15, -0.1) is 0 Å². The summed E-state index contributed by atoms with van der Waals surface area (Å²) in [7, 11) is 0. The van der Waals surface area contributed by atoms with Crippen LogP contribution in [0.4, 0.5) is 11.9 Å². The van der Waals surface area contributed by atoms with Gasteiger partial charge in [-0.05, 0) is 34.6 Å². The minimum absolute atomic E-state index is 0.0818. The van der Waals surface area contributed by atoms with Crippen LogP contribution in [-0.4, -0.2) is 46.1 Å². The Bertz CT molecular complexity index is 448. The van der Waals surface area contributed by atoms with Gasteiger partial charge in [0.05, 0.1) is 13.2 Å². The molecule has 0 saturated heterocycles. The van der Waals surface area contributed by atoms with E-state index in [9.17, 15) is 4.79 Å². The SMILES string of the molecule is CCNc1nc(NCC(=O)NC(C)(C)C)nc(OCC)n1. The number of anilines is 2. The molecule has 0 aromatic carbocycles. The zero-order valence-corrected chi connectivity index (χ0v) is 13.3. The van der Waals surface area contributed by atoms with Crippen molar-refractivity contribution in [1.29, 1.82) is 0 Å². The molecule has 0 radical (unpaired) electrons. The fourth-order valence-electron chi connectivity index (χ4n) is 1.49. The predicted octanol–water partition coefficient (Wildman–Crippen LogP) is 1.03. The van der Waals surface area contributed by atoms with Gasteiger partial charge in [0.1, 0.15) is 0 Å². The second-order valence-electron chi connectivity index (χ2n) is 5.38. The average molecular weight is 296 g/mol. The number of carbonyl (C=O) groups excluding carboxylic acids is 1. The molecule has 118 valence electrons. The van der Waals surface area contributed by atoms with E-state index in [2.05, 4.69) is 30.9 Å². The van der Waals surface area contributed by atoms with Gasteiger partial charge in [0.25, 0.3) is 0 Å². The van der Waals surface area contributed by atoms with E-state index in [-0.39, 0.29) is 24.0 Å². The summed E-state index contributed by atoms with van der Waals surface area (Å²) < 4.78 is 5.28. The van der Waals surface area contributed by atoms with Gasteiger partial charge in [-0.3, -0.25) is 4.79 Å². The molecular weight excluding hydrogens is 272 g/mol. The largest absolute Gasteiger partial charge is 0.464 e. The van der Waals surface area contributed by atoms with E-state index >= 15 is 0 Å². The summed E-state index contributed by atoms with van der Waals surface area (Å²) in [5, 5.41) is 8.71. The Labute approximate surface area is 125 Å². The smallest absolute Gasteiger partial charge is 0.323 e. The van der Waals surface area contributed by atoms with Crippen LogP contribution in [0.2, 0.25) is 0 Å². The van der Waals surface area contributed by atoms with Crippen molar-refractivity contribution in [3.63, 3.8) is 0 Å². The summed E-state index contributed by atoms with van der Waals surface area (Å²) in [5.41, 5.74) is -0.275. The van der Waals surface area contributed by atoms with Gasteiger partial charge in [0.15, 0.2) is 0 Å². The molecule has 0 aliphatic carbocycles. The predicted molar refractivity (Wildman–Crippen MR) is 81.5 cm³/mol. The van der Waals surface area contributed by atoms with Crippen LogP contribution < -0.4 is 20.7 Å². The van der Waals surface area contributed by atoms with Crippen molar-refractivity contribution < 1.29 is 9.53 Å². The molecule has 1 rings (SSSR count). The maximum Gasteiger partial charge on any atom is 0.323 e. The van der Waals surface area contributed by atoms with Crippen molar-refractivity contribution in [2.45, 2.75) is 40.2 Å². The van der Waals surface area contributed by atoms with E-state index in [1.807, 2.05) is 34.6 Å². The zero-order chi connectivity index (χ0) is 15.9. The minimum Gasteiger partial charge on any atom is -0.464 e. The molecular formula is C13H24N6O2. The molecule has 3 N–H and O–H groups in total. The Kier molecular flexibility index (Phi) is 6.13. The molecule has 0 fully saturated rings. The van der Waals surface area contributed by atoms with E-state index in [1.54, 1.807) is 0 Å². The molecule has 0 spiro atoms. The molecule has 0 aliphatic heterocycles. The first-order valence-electron chi connectivity index (χ1n) is 7.01. The fourth-order valence-corrected chi connectivity index (χ4v) is 1.49. The van der Waals surface area contributed by atoms with Gasteiger partial charge in [0.2, 0.25) is 17.8 Å². The maximum atomic E-state index is 11.8. The summed E-state index contributed by atoms with van der Waals surface area (Å²) in [4.78, 5) is 24.1. The number of carbonyl (C=O) groups is 1. The molecule has 0 unspecified atom stereocenters. The standard InChI is InChI=1S/C13H24N6O2/c1-6-14-10-16-11(18-12(17-10)21-7-2)15-8-9(20)19-13(3,4)5/h6-8H2,1-5H3,(H,19,20)(H2,14,15,16,17,18). The molecule has 1 aromatic heterocycles. The highest BCUT2D eigenvalue weighted by Gasteiger charge is 2.14. The monoisotopic (exact) mass is 296 g/mol. The first kappa shape index (κ1) is 16.9. The Morgan fingerprint density at radius 3 is 2.24 bits per heavy atom. The lowest BCUT2D eigenvalue weighted by atomic mass is 10.1. The lowest BCUT2D eigenvalue weighted by Gasteiger charge is -2.20. The van der Waals surface area contributed by atoms with E-state index < -0.39 is 0 Å². The summed E-state index contributed by atoms with van der Waals surface area (Å²) in [6.45, 7) is 10.8. The van der Waals surface area contributed by atoms with E-state index in [1.165, 1.54) is 0 Å². The van der Waals surface area contributed by atoms with Gasteiger partial charge in [0, 0.05) is 12.1 Å². The van der Waals surface area contributed by atoms with Gasteiger partial charge in [-0.2, -0.15) is 15.0 Å². The van der Waals surface area contributed by atoms with Crippen molar-refractivity contribution >= 4 is 17.8 Å². The van der Waals surface area contributed by atoms with Gasteiger partial charge in [-0.1, -0.05) is 0 Å². The lowest BCUT2D eigenvalue weighted by molar-refractivity contribution is -0.120. The van der Waals surface area contributed by atoms with Gasteiger partial charge < -0.3 is 20.7 Å². The van der Waals surface area contributed by atoms with Crippen LogP contribution >= 0.6 is 0 Å². The average Bonchev–Trinajstić information content (AvgIpc) is 2.35. The van der Waals surface area contributed by atoms with Crippen molar-refractivity contribution in [2.75, 3.05) is 30.3 Å². The Morgan fingerprint density at radius 1 is 1.10 bits per heavy atom. The second-order valence-corrected chi connectivity index (χ2v) is 5.38. The third-order valence-corrected chi connectivity index (χ3v) is 2.14. The number of ether oxygens (including phenoxy) is 1. The van der Waals surface area contributed by atoms with Crippen molar-refractivity contribution in [3.8, 4) is 6.01 Å². The van der Waals surface area contributed by atoms with Gasteiger partial charge >= 0.3 is 6.01 Å². The Balaban J connectivity index is 2.70. The van der Waals surface area contributed by atoms with E-state index in [0.29, 0.717) is 25.0 Å².